The molecule has 0 spiro atoms. The van der Waals surface area contributed by atoms with Crippen molar-refractivity contribution in [1.82, 2.24) is 20.5 Å². The summed E-state index contributed by atoms with van der Waals surface area (Å²) >= 11 is 0. The molecule has 2 aromatic carbocycles. The molecule has 4 aromatic rings. The van der Waals surface area contributed by atoms with Gasteiger partial charge in [0.15, 0.2) is 0 Å². The van der Waals surface area contributed by atoms with Crippen molar-refractivity contribution in [2.75, 3.05) is 6.61 Å². The summed E-state index contributed by atoms with van der Waals surface area (Å²) < 4.78 is 28.1. The number of rotatable bonds is 7. The second-order valence-corrected chi connectivity index (χ2v) is 7.91. The third kappa shape index (κ3) is 4.57. The fraction of sp³-hybridized carbons (Fsp3) is 0.160. The molecule has 0 aliphatic heterocycles. The molecular weight excluding hydrogens is 442 g/mol. The van der Waals surface area contributed by atoms with E-state index in [1.165, 1.54) is 43.5 Å². The summed E-state index contributed by atoms with van der Waals surface area (Å²) in [7, 11) is 0. The van der Waals surface area contributed by atoms with Gasteiger partial charge in [-0.15, -0.1) is 0 Å². The Morgan fingerprint density at radius 2 is 1.88 bits per heavy atom. The molecule has 2 heterocycles. The van der Waals surface area contributed by atoms with Gasteiger partial charge < -0.3 is 15.5 Å². The summed E-state index contributed by atoms with van der Waals surface area (Å²) in [5, 5.41) is 30.4. The molecular formula is C25H22F2N4O3. The molecule has 7 nitrogen and oxygen atoms in total. The average molecular weight is 464 g/mol. The number of pyridine rings is 1. The molecule has 0 radical (unpaired) electrons. The minimum atomic E-state index is -1.69. The summed E-state index contributed by atoms with van der Waals surface area (Å²) in [5.74, 6) is -1.78. The van der Waals surface area contributed by atoms with E-state index in [1.54, 1.807) is 36.4 Å². The Bertz CT molecular complexity index is 1290. The smallest absolute Gasteiger partial charge is 0.252 e. The normalized spacial score (nSPS) is 13.8. The summed E-state index contributed by atoms with van der Waals surface area (Å²) in [4.78, 5) is 17.3. The quantitative estimate of drug-likeness (QED) is 0.335. The van der Waals surface area contributed by atoms with Crippen molar-refractivity contribution < 1.29 is 23.8 Å². The SMILES string of the molecule is CC(O)(c1ccccn1)[C@H](CO)NC(=O)c1cccc(F)c1-c1cc(-c2ccc(F)cc2)[nH]n1. The Hall–Kier alpha value is -3.95. The first-order valence-corrected chi connectivity index (χ1v) is 10.5. The minimum Gasteiger partial charge on any atom is -0.394 e. The van der Waals surface area contributed by atoms with Crippen LogP contribution in [0.3, 0.4) is 0 Å². The fourth-order valence-corrected chi connectivity index (χ4v) is 3.64. The van der Waals surface area contributed by atoms with Gasteiger partial charge in [0.1, 0.15) is 17.2 Å². The van der Waals surface area contributed by atoms with E-state index in [9.17, 15) is 23.8 Å². The first-order chi connectivity index (χ1) is 16.3. The Labute approximate surface area is 194 Å². The summed E-state index contributed by atoms with van der Waals surface area (Å²) in [6.07, 6.45) is 1.49. The molecule has 0 saturated carbocycles. The standard InChI is InChI=1S/C25H22F2N4O3/c1-25(34,21-7-2-3-12-28-21)22(14-32)29-24(33)17-5-4-6-18(27)23(17)20-13-19(30-31-20)15-8-10-16(26)11-9-15/h2-13,22,32,34H,14H2,1H3,(H,29,33)(H,30,31)/t22-,25?/m0/s1. The first-order valence-electron chi connectivity index (χ1n) is 10.5. The Morgan fingerprint density at radius 1 is 1.12 bits per heavy atom. The minimum absolute atomic E-state index is 0.0348. The van der Waals surface area contributed by atoms with Crippen molar-refractivity contribution in [1.29, 1.82) is 0 Å². The number of carbonyl (C=O) groups is 1. The number of hydrogen-bond donors (Lipinski definition) is 4. The number of hydrogen-bond acceptors (Lipinski definition) is 5. The van der Waals surface area contributed by atoms with Crippen molar-refractivity contribution in [2.24, 2.45) is 0 Å². The molecule has 1 amide bonds. The van der Waals surface area contributed by atoms with Gasteiger partial charge in [-0.05, 0) is 67.1 Å². The molecule has 2 atom stereocenters. The lowest BCUT2D eigenvalue weighted by Crippen LogP contribution is -2.51. The van der Waals surface area contributed by atoms with E-state index in [0.29, 0.717) is 11.3 Å². The van der Waals surface area contributed by atoms with Gasteiger partial charge in [0.2, 0.25) is 0 Å². The highest BCUT2D eigenvalue weighted by atomic mass is 19.1. The predicted molar refractivity (Wildman–Crippen MR) is 122 cm³/mol. The number of aliphatic hydroxyl groups excluding tert-OH is 1. The zero-order valence-electron chi connectivity index (χ0n) is 18.2. The molecule has 34 heavy (non-hydrogen) atoms. The monoisotopic (exact) mass is 464 g/mol. The van der Waals surface area contributed by atoms with E-state index >= 15 is 0 Å². The summed E-state index contributed by atoms with van der Waals surface area (Å²) in [6.45, 7) is 0.836. The van der Waals surface area contributed by atoms with Crippen LogP contribution in [0.1, 0.15) is 23.0 Å². The van der Waals surface area contributed by atoms with Crippen molar-refractivity contribution in [3.05, 3.63) is 95.8 Å². The zero-order chi connectivity index (χ0) is 24.3. The van der Waals surface area contributed by atoms with Crippen LogP contribution in [0, 0.1) is 11.6 Å². The number of H-pyrrole nitrogens is 1. The summed E-state index contributed by atoms with van der Waals surface area (Å²) in [5.41, 5.74) is -0.220. The van der Waals surface area contributed by atoms with E-state index in [-0.39, 0.29) is 22.5 Å². The molecule has 1 unspecified atom stereocenters. The molecule has 4 N–H and O–H groups in total. The highest BCUT2D eigenvalue weighted by molar-refractivity contribution is 6.01. The van der Waals surface area contributed by atoms with Crippen LogP contribution < -0.4 is 5.32 Å². The third-order valence-corrected chi connectivity index (χ3v) is 5.60. The second kappa shape index (κ2) is 9.50. The second-order valence-electron chi connectivity index (χ2n) is 7.91. The van der Waals surface area contributed by atoms with E-state index in [1.807, 2.05) is 0 Å². The predicted octanol–water partition coefficient (Wildman–Crippen LogP) is 3.42. The number of halogens is 2. The Kier molecular flexibility index (Phi) is 6.49. The number of amides is 1. The number of carbonyl (C=O) groups excluding carboxylic acids is 1. The number of aliphatic hydroxyl groups is 2. The van der Waals surface area contributed by atoms with Crippen LogP contribution in [0.5, 0.6) is 0 Å². The van der Waals surface area contributed by atoms with Crippen LogP contribution >= 0.6 is 0 Å². The van der Waals surface area contributed by atoms with Gasteiger partial charge in [-0.3, -0.25) is 14.9 Å². The molecule has 0 saturated heterocycles. The van der Waals surface area contributed by atoms with Gasteiger partial charge >= 0.3 is 0 Å². The molecule has 9 heteroatoms. The van der Waals surface area contributed by atoms with Crippen molar-refractivity contribution in [3.63, 3.8) is 0 Å². The van der Waals surface area contributed by atoms with E-state index in [0.717, 1.165) is 0 Å². The van der Waals surface area contributed by atoms with Gasteiger partial charge in [-0.25, -0.2) is 8.78 Å². The van der Waals surface area contributed by atoms with Crippen molar-refractivity contribution >= 4 is 5.91 Å². The molecule has 0 fully saturated rings. The Morgan fingerprint density at radius 3 is 2.56 bits per heavy atom. The van der Waals surface area contributed by atoms with Crippen LogP contribution in [0.15, 0.2) is 72.9 Å². The van der Waals surface area contributed by atoms with Crippen LogP contribution in [0.25, 0.3) is 22.5 Å². The lowest BCUT2D eigenvalue weighted by atomic mass is 9.92. The molecule has 174 valence electrons. The van der Waals surface area contributed by atoms with Gasteiger partial charge in [0, 0.05) is 6.20 Å². The first kappa shape index (κ1) is 23.2. The Balaban J connectivity index is 1.65. The largest absolute Gasteiger partial charge is 0.394 e. The van der Waals surface area contributed by atoms with Gasteiger partial charge in [-0.1, -0.05) is 12.1 Å². The molecule has 4 rings (SSSR count). The van der Waals surface area contributed by atoms with Crippen LogP contribution in [0.4, 0.5) is 8.78 Å². The lowest BCUT2D eigenvalue weighted by molar-refractivity contribution is -0.00809. The van der Waals surface area contributed by atoms with Crippen molar-refractivity contribution in [2.45, 2.75) is 18.6 Å². The maximum atomic E-state index is 14.9. The fourth-order valence-electron chi connectivity index (χ4n) is 3.64. The topological polar surface area (TPSA) is 111 Å². The van der Waals surface area contributed by atoms with Crippen LogP contribution in [0.2, 0.25) is 0 Å². The van der Waals surface area contributed by atoms with Crippen LogP contribution in [-0.2, 0) is 5.60 Å². The molecule has 0 aliphatic carbocycles. The highest BCUT2D eigenvalue weighted by Gasteiger charge is 2.36. The molecule has 0 aliphatic rings. The number of aromatic nitrogens is 3. The van der Waals surface area contributed by atoms with E-state index in [2.05, 4.69) is 20.5 Å². The number of nitrogens with zero attached hydrogens (tertiary/aromatic N) is 2. The van der Waals surface area contributed by atoms with Crippen LogP contribution in [-0.4, -0.2) is 44.0 Å². The molecule has 2 aromatic heterocycles. The average Bonchev–Trinajstić information content (AvgIpc) is 3.32. The summed E-state index contributed by atoms with van der Waals surface area (Å²) in [6, 6.07) is 15.0. The van der Waals surface area contributed by atoms with E-state index in [4.69, 9.17) is 0 Å². The van der Waals surface area contributed by atoms with Gasteiger partial charge in [-0.2, -0.15) is 5.10 Å². The van der Waals surface area contributed by atoms with E-state index < -0.39 is 35.8 Å². The maximum Gasteiger partial charge on any atom is 0.252 e. The van der Waals surface area contributed by atoms with Gasteiger partial charge in [0.05, 0.1) is 40.9 Å². The zero-order valence-corrected chi connectivity index (χ0v) is 18.2. The molecule has 0 bridgehead atoms. The third-order valence-electron chi connectivity index (χ3n) is 5.60. The number of nitrogens with one attached hydrogen (secondary N) is 2. The lowest BCUT2D eigenvalue weighted by Gasteiger charge is -2.32. The van der Waals surface area contributed by atoms with Crippen molar-refractivity contribution in [3.8, 4) is 22.5 Å². The highest BCUT2D eigenvalue weighted by Crippen LogP contribution is 2.30. The van der Waals surface area contributed by atoms with Gasteiger partial charge in [0.25, 0.3) is 5.91 Å². The number of aromatic amines is 1. The number of benzene rings is 2. The maximum absolute atomic E-state index is 14.9.